The predicted molar refractivity (Wildman–Crippen MR) is 198 cm³/mol. The Bertz CT molecular complexity index is 1410. The molecule has 0 aromatic heterocycles. The number of amides is 6. The third kappa shape index (κ3) is 16.5. The number of carboxylic acid groups (broad SMARTS) is 3. The van der Waals surface area contributed by atoms with Crippen LogP contribution in [0, 0.1) is 11.8 Å². The van der Waals surface area contributed by atoms with Gasteiger partial charge in [0.05, 0.1) is 18.6 Å². The van der Waals surface area contributed by atoms with Gasteiger partial charge in [-0.15, -0.1) is 0 Å². The second-order valence-electron chi connectivity index (χ2n) is 14.7. The smallest absolute Gasteiger partial charge is 0.326 e. The second kappa shape index (κ2) is 23.9. The number of nitrogens with one attached hydrogen (secondary N) is 5. The third-order valence-corrected chi connectivity index (χ3v) is 9.05. The molecule has 21 nitrogen and oxygen atoms in total. The number of rotatable bonds is 25. The minimum atomic E-state index is -1.67. The maximum Gasteiger partial charge on any atom is 0.326 e. The first-order chi connectivity index (χ1) is 26.1. The van der Waals surface area contributed by atoms with Gasteiger partial charge in [0.1, 0.15) is 36.3 Å². The molecule has 13 N–H and O–H groups in total. The Morgan fingerprint density at radius 2 is 1.30 bits per heavy atom. The number of carboxylic acids is 3. The predicted octanol–water partition coefficient (Wildman–Crippen LogP) is -2.64. The topological polar surface area (TPSA) is 350 Å². The van der Waals surface area contributed by atoms with E-state index in [2.05, 4.69) is 26.6 Å². The fourth-order valence-corrected chi connectivity index (χ4v) is 5.99. The number of nitrogens with zero attached hydrogens (tertiary/aromatic N) is 1. The number of likely N-dealkylation sites (tertiary alicyclic amines) is 1. The van der Waals surface area contributed by atoms with Crippen molar-refractivity contribution in [1.82, 2.24) is 31.5 Å². The van der Waals surface area contributed by atoms with E-state index in [1.54, 1.807) is 27.7 Å². The SMILES string of the molecule is CC(C)C[C@H](NC(=O)[C@@H](NC(=O)[C@@H]1CCCN1C(=O)[C@H](CC(=O)O)NC(=O)[C@@H](N)CCC(=O)O)[C@@H](C)O)C(=O)N[C@@H](CCCCN)C(=O)N[C@H](C(=O)O)C(C)C. The second-order valence-corrected chi connectivity index (χ2v) is 14.7. The van der Waals surface area contributed by atoms with Gasteiger partial charge in [-0.2, -0.15) is 0 Å². The first kappa shape index (κ1) is 49.1. The van der Waals surface area contributed by atoms with Crippen LogP contribution in [-0.4, -0.2) is 140 Å². The molecule has 6 amide bonds. The number of aliphatic carboxylic acids is 3. The van der Waals surface area contributed by atoms with Crippen molar-refractivity contribution in [3.63, 3.8) is 0 Å². The Hall–Kier alpha value is -4.89. The molecule has 0 radical (unpaired) electrons. The molecule has 1 saturated heterocycles. The van der Waals surface area contributed by atoms with E-state index in [1.165, 1.54) is 6.92 Å². The number of nitrogens with two attached hydrogens (primary N) is 2. The largest absolute Gasteiger partial charge is 0.481 e. The minimum Gasteiger partial charge on any atom is -0.481 e. The van der Waals surface area contributed by atoms with E-state index in [-0.39, 0.29) is 44.6 Å². The third-order valence-electron chi connectivity index (χ3n) is 9.05. The van der Waals surface area contributed by atoms with E-state index >= 15 is 0 Å². The van der Waals surface area contributed by atoms with Gasteiger partial charge in [-0.3, -0.25) is 38.4 Å². The standard InChI is InChI=1S/C35H60N8O13/c1-17(2)15-22(31(51)38-21(9-6-7-13-36)30(50)41-27(18(3)4)35(55)56)39-33(53)28(19(5)44)42-32(52)24-10-8-14-43(24)34(54)23(16-26(47)48)40-29(49)20(37)11-12-25(45)46/h17-24,27-28,44H,6-16,36-37H2,1-5H3,(H,38,51)(H,39,53)(H,40,49)(H,41,50)(H,42,52)(H,45,46)(H,47,48)(H,55,56)/t19-,20+,21+,22+,23+,24+,27+,28+/m1/s1. The molecular formula is C35H60N8O13. The Balaban J connectivity index is 3.22. The van der Waals surface area contributed by atoms with Crippen molar-refractivity contribution in [1.29, 1.82) is 0 Å². The van der Waals surface area contributed by atoms with E-state index in [0.29, 0.717) is 19.4 Å². The lowest BCUT2D eigenvalue weighted by Crippen LogP contribution is -2.61. The minimum absolute atomic E-state index is 0.0272. The Morgan fingerprint density at radius 3 is 1.82 bits per heavy atom. The number of aliphatic hydroxyl groups excluding tert-OH is 1. The molecule has 0 aliphatic carbocycles. The Kier molecular flexibility index (Phi) is 21.0. The maximum atomic E-state index is 13.6. The highest BCUT2D eigenvalue weighted by molar-refractivity contribution is 5.98. The molecule has 318 valence electrons. The fourth-order valence-electron chi connectivity index (χ4n) is 5.99. The summed E-state index contributed by atoms with van der Waals surface area (Å²) in [5.41, 5.74) is 11.3. The van der Waals surface area contributed by atoms with Crippen LogP contribution >= 0.6 is 0 Å². The lowest BCUT2D eigenvalue weighted by atomic mass is 10.00. The molecule has 1 heterocycles. The zero-order valence-electron chi connectivity index (χ0n) is 32.6. The molecule has 0 saturated carbocycles. The number of unbranched alkanes of at least 4 members (excludes halogenated alkanes) is 1. The van der Waals surface area contributed by atoms with Crippen molar-refractivity contribution in [2.75, 3.05) is 13.1 Å². The summed E-state index contributed by atoms with van der Waals surface area (Å²) in [6.07, 6.45) is -1.72. The van der Waals surface area contributed by atoms with Crippen LogP contribution in [-0.2, 0) is 43.2 Å². The molecule has 56 heavy (non-hydrogen) atoms. The van der Waals surface area contributed by atoms with Gasteiger partial charge in [-0.1, -0.05) is 27.7 Å². The van der Waals surface area contributed by atoms with Crippen molar-refractivity contribution < 1.29 is 63.6 Å². The number of carbonyl (C=O) groups excluding carboxylic acids is 6. The quantitative estimate of drug-likeness (QED) is 0.0421. The summed E-state index contributed by atoms with van der Waals surface area (Å²) in [6.45, 7) is 8.23. The van der Waals surface area contributed by atoms with Crippen LogP contribution in [0.3, 0.4) is 0 Å². The van der Waals surface area contributed by atoms with E-state index < -0.39 is 121 Å². The van der Waals surface area contributed by atoms with Crippen LogP contribution in [0.5, 0.6) is 0 Å². The van der Waals surface area contributed by atoms with Crippen LogP contribution in [0.25, 0.3) is 0 Å². The maximum absolute atomic E-state index is 13.6. The highest BCUT2D eigenvalue weighted by Gasteiger charge is 2.41. The van der Waals surface area contributed by atoms with E-state index in [4.69, 9.17) is 16.6 Å². The summed E-state index contributed by atoms with van der Waals surface area (Å²) < 4.78 is 0. The molecule has 1 aliphatic rings. The average molecular weight is 801 g/mol. The van der Waals surface area contributed by atoms with Gasteiger partial charge < -0.3 is 63.4 Å². The number of hydrogen-bond donors (Lipinski definition) is 11. The highest BCUT2D eigenvalue weighted by Crippen LogP contribution is 2.20. The zero-order chi connectivity index (χ0) is 42.9. The summed E-state index contributed by atoms with van der Waals surface area (Å²) in [5.74, 6) is -9.92. The van der Waals surface area contributed by atoms with E-state index in [1.807, 2.05) is 0 Å². The Labute approximate surface area is 325 Å². The van der Waals surface area contributed by atoms with Crippen LogP contribution in [0.15, 0.2) is 0 Å². The molecule has 1 fully saturated rings. The van der Waals surface area contributed by atoms with Crippen molar-refractivity contribution in [2.24, 2.45) is 23.3 Å². The fraction of sp³-hybridized carbons (Fsp3) is 0.743. The average Bonchev–Trinajstić information content (AvgIpc) is 3.59. The normalized spacial score (nSPS) is 17.8. The molecular weight excluding hydrogens is 740 g/mol. The van der Waals surface area contributed by atoms with Crippen LogP contribution in [0.1, 0.15) is 92.4 Å². The highest BCUT2D eigenvalue weighted by atomic mass is 16.4. The molecule has 8 atom stereocenters. The number of carbonyl (C=O) groups is 9. The summed E-state index contributed by atoms with van der Waals surface area (Å²) in [6, 6.07) is -9.65. The lowest BCUT2D eigenvalue weighted by molar-refractivity contribution is -0.146. The van der Waals surface area contributed by atoms with Gasteiger partial charge in [-0.25, -0.2) is 4.79 Å². The summed E-state index contributed by atoms with van der Waals surface area (Å²) in [5, 5.41) is 50.7. The lowest BCUT2D eigenvalue weighted by Gasteiger charge is -2.31. The van der Waals surface area contributed by atoms with Crippen molar-refractivity contribution in [3.05, 3.63) is 0 Å². The zero-order valence-corrected chi connectivity index (χ0v) is 32.6. The first-order valence-electron chi connectivity index (χ1n) is 18.7. The molecule has 21 heteroatoms. The number of hydrogen-bond acceptors (Lipinski definition) is 12. The van der Waals surface area contributed by atoms with Gasteiger partial charge in [0.25, 0.3) is 0 Å². The van der Waals surface area contributed by atoms with Gasteiger partial charge in [0, 0.05) is 13.0 Å². The molecule has 1 rings (SSSR count). The summed E-state index contributed by atoms with van der Waals surface area (Å²) >= 11 is 0. The van der Waals surface area contributed by atoms with Crippen molar-refractivity contribution >= 4 is 53.4 Å². The van der Waals surface area contributed by atoms with E-state index in [0.717, 1.165) is 4.90 Å². The van der Waals surface area contributed by atoms with Crippen LogP contribution in [0.4, 0.5) is 0 Å². The van der Waals surface area contributed by atoms with Gasteiger partial charge in [-0.05, 0) is 70.3 Å². The molecule has 0 unspecified atom stereocenters. The molecule has 1 aliphatic heterocycles. The molecule has 0 bridgehead atoms. The number of aliphatic hydroxyl groups is 1. The molecule has 0 spiro atoms. The van der Waals surface area contributed by atoms with Crippen molar-refractivity contribution in [3.8, 4) is 0 Å². The van der Waals surface area contributed by atoms with Gasteiger partial charge >= 0.3 is 17.9 Å². The molecule has 0 aromatic carbocycles. The molecule has 0 aromatic rings. The summed E-state index contributed by atoms with van der Waals surface area (Å²) in [7, 11) is 0. The first-order valence-corrected chi connectivity index (χ1v) is 18.7. The van der Waals surface area contributed by atoms with Gasteiger partial charge in [0.2, 0.25) is 35.4 Å². The monoisotopic (exact) mass is 800 g/mol. The van der Waals surface area contributed by atoms with Crippen molar-refractivity contribution in [2.45, 2.75) is 141 Å². The summed E-state index contributed by atoms with van der Waals surface area (Å²) in [4.78, 5) is 115. The van der Waals surface area contributed by atoms with E-state index in [9.17, 15) is 58.5 Å². The Morgan fingerprint density at radius 1 is 0.714 bits per heavy atom. The van der Waals surface area contributed by atoms with Crippen LogP contribution in [0.2, 0.25) is 0 Å². The van der Waals surface area contributed by atoms with Gasteiger partial charge in [0.15, 0.2) is 0 Å². The van der Waals surface area contributed by atoms with Crippen LogP contribution < -0.4 is 38.1 Å².